The number of hydrogen-bond acceptors (Lipinski definition) is 2. The fraction of sp³-hybridized carbons (Fsp3) is 0.833. The summed E-state index contributed by atoms with van der Waals surface area (Å²) in [7, 11) is 0. The van der Waals surface area contributed by atoms with Gasteiger partial charge in [0.05, 0.1) is 0 Å². The number of hydrogen-bond donors (Lipinski definition) is 1. The molecule has 2 rings (SSSR count). The van der Waals surface area contributed by atoms with Gasteiger partial charge in [0, 0.05) is 12.3 Å². The lowest BCUT2D eigenvalue weighted by atomic mass is 9.51. The molecule has 1 N–H and O–H groups in total. The lowest BCUT2D eigenvalue weighted by Gasteiger charge is -2.54. The molecular weight excluding hydrogens is 190 g/mol. The van der Waals surface area contributed by atoms with E-state index >= 15 is 0 Å². The van der Waals surface area contributed by atoms with Gasteiger partial charge in [-0.1, -0.05) is 20.8 Å². The van der Waals surface area contributed by atoms with Gasteiger partial charge in [0.25, 0.3) is 0 Å². The molecule has 1 aliphatic heterocycles. The Morgan fingerprint density at radius 3 is 2.47 bits per heavy atom. The van der Waals surface area contributed by atoms with Crippen LogP contribution in [0.4, 0.5) is 0 Å². The Morgan fingerprint density at radius 2 is 1.93 bits per heavy atom. The largest absolute Gasteiger partial charge is 0.296 e. The average Bonchev–Trinajstić information content (AvgIpc) is 2.06. The Labute approximate surface area is 90.6 Å². The van der Waals surface area contributed by atoms with Crippen molar-refractivity contribution in [3.05, 3.63) is 0 Å². The molecule has 0 radical (unpaired) electrons. The highest BCUT2D eigenvalue weighted by Gasteiger charge is 2.54. The number of piperidine rings is 1. The average molecular weight is 209 g/mol. The predicted molar refractivity (Wildman–Crippen MR) is 56.9 cm³/mol. The van der Waals surface area contributed by atoms with E-state index < -0.39 is 0 Å². The molecule has 0 bridgehead atoms. The van der Waals surface area contributed by atoms with Crippen molar-refractivity contribution in [2.75, 3.05) is 0 Å². The van der Waals surface area contributed by atoms with Crippen LogP contribution in [0, 0.1) is 23.2 Å². The Balaban J connectivity index is 2.09. The van der Waals surface area contributed by atoms with Crippen LogP contribution in [0.1, 0.15) is 40.0 Å². The first kappa shape index (κ1) is 10.7. The quantitative estimate of drug-likeness (QED) is 0.668. The third-order valence-electron chi connectivity index (χ3n) is 4.37. The fourth-order valence-corrected chi connectivity index (χ4v) is 2.99. The van der Waals surface area contributed by atoms with Crippen molar-refractivity contribution in [2.45, 2.75) is 40.0 Å². The summed E-state index contributed by atoms with van der Waals surface area (Å²) in [5, 5.41) is 2.42. The number of rotatable bonds is 1. The van der Waals surface area contributed by atoms with E-state index in [1.54, 1.807) is 0 Å². The molecule has 84 valence electrons. The summed E-state index contributed by atoms with van der Waals surface area (Å²) < 4.78 is 0. The van der Waals surface area contributed by atoms with Crippen molar-refractivity contribution in [3.63, 3.8) is 0 Å². The van der Waals surface area contributed by atoms with Crippen LogP contribution in [0.25, 0.3) is 0 Å². The third kappa shape index (κ3) is 1.58. The molecule has 3 nitrogen and oxygen atoms in total. The highest BCUT2D eigenvalue weighted by atomic mass is 16.2. The van der Waals surface area contributed by atoms with E-state index in [1.807, 2.05) is 6.92 Å². The monoisotopic (exact) mass is 209 g/mol. The molecule has 1 saturated carbocycles. The van der Waals surface area contributed by atoms with Crippen molar-refractivity contribution >= 4 is 11.8 Å². The molecule has 2 fully saturated rings. The van der Waals surface area contributed by atoms with Gasteiger partial charge in [-0.15, -0.1) is 0 Å². The summed E-state index contributed by atoms with van der Waals surface area (Å²) in [6.45, 7) is 6.39. The highest BCUT2D eigenvalue weighted by Crippen LogP contribution is 2.56. The van der Waals surface area contributed by atoms with Crippen LogP contribution in [0.15, 0.2) is 0 Å². The standard InChI is InChI=1S/C12H19NO2/c1-7(2)9-4-12(5-9)6-10(14)13-11(15)8(12)3/h7-9H,4-6H2,1-3H3,(H,13,14,15). The highest BCUT2D eigenvalue weighted by molar-refractivity contribution is 5.99. The third-order valence-corrected chi connectivity index (χ3v) is 4.37. The van der Waals surface area contributed by atoms with E-state index in [2.05, 4.69) is 19.2 Å². The topological polar surface area (TPSA) is 46.2 Å². The van der Waals surface area contributed by atoms with E-state index in [0.29, 0.717) is 18.3 Å². The molecule has 2 amide bonds. The van der Waals surface area contributed by atoms with Crippen molar-refractivity contribution in [3.8, 4) is 0 Å². The van der Waals surface area contributed by atoms with Gasteiger partial charge in [-0.3, -0.25) is 14.9 Å². The Kier molecular flexibility index (Phi) is 2.36. The minimum Gasteiger partial charge on any atom is -0.296 e. The van der Waals surface area contributed by atoms with Gasteiger partial charge in [0.1, 0.15) is 0 Å². The number of carbonyl (C=O) groups excluding carboxylic acids is 2. The van der Waals surface area contributed by atoms with Crippen molar-refractivity contribution < 1.29 is 9.59 Å². The van der Waals surface area contributed by atoms with E-state index in [-0.39, 0.29) is 23.1 Å². The molecule has 0 aromatic heterocycles. The minimum absolute atomic E-state index is 0.00481. The van der Waals surface area contributed by atoms with E-state index in [9.17, 15) is 9.59 Å². The smallest absolute Gasteiger partial charge is 0.229 e. The second-order valence-corrected chi connectivity index (χ2v) is 5.59. The van der Waals surface area contributed by atoms with Crippen LogP contribution in [0.2, 0.25) is 0 Å². The van der Waals surface area contributed by atoms with Crippen molar-refractivity contribution in [1.29, 1.82) is 0 Å². The summed E-state index contributed by atoms with van der Waals surface area (Å²) >= 11 is 0. The summed E-state index contributed by atoms with van der Waals surface area (Å²) in [6, 6.07) is 0. The van der Waals surface area contributed by atoms with Gasteiger partial charge in [-0.2, -0.15) is 0 Å². The molecule has 2 aliphatic rings. The lowest BCUT2D eigenvalue weighted by molar-refractivity contribution is -0.152. The normalized spacial score (nSPS) is 40.5. The van der Waals surface area contributed by atoms with E-state index in [1.165, 1.54) is 0 Å². The van der Waals surface area contributed by atoms with E-state index in [0.717, 1.165) is 12.8 Å². The SMILES string of the molecule is CC(C)C1CC2(CC(=O)NC(=O)C2C)C1. The molecule has 1 unspecified atom stereocenters. The summed E-state index contributed by atoms with van der Waals surface area (Å²) in [5.74, 6) is 1.22. The van der Waals surface area contributed by atoms with Crippen LogP contribution in [-0.4, -0.2) is 11.8 Å². The molecule has 1 atom stereocenters. The molecule has 0 aromatic carbocycles. The Morgan fingerprint density at radius 1 is 1.33 bits per heavy atom. The van der Waals surface area contributed by atoms with Gasteiger partial charge in [-0.05, 0) is 30.1 Å². The number of imide groups is 1. The molecule has 15 heavy (non-hydrogen) atoms. The van der Waals surface area contributed by atoms with Crippen molar-refractivity contribution in [2.24, 2.45) is 23.2 Å². The maximum absolute atomic E-state index is 11.6. The number of amides is 2. The molecule has 1 aliphatic carbocycles. The van der Waals surface area contributed by atoms with Crippen molar-refractivity contribution in [1.82, 2.24) is 5.32 Å². The Hall–Kier alpha value is -0.860. The maximum Gasteiger partial charge on any atom is 0.229 e. The first-order chi connectivity index (χ1) is 6.94. The molecular formula is C12H19NO2. The summed E-state index contributed by atoms with van der Waals surface area (Å²) in [5.41, 5.74) is -0.00560. The maximum atomic E-state index is 11.6. The van der Waals surface area contributed by atoms with Gasteiger partial charge >= 0.3 is 0 Å². The predicted octanol–water partition coefficient (Wildman–Crippen LogP) is 1.72. The van der Waals surface area contributed by atoms with Gasteiger partial charge in [-0.25, -0.2) is 0 Å². The summed E-state index contributed by atoms with van der Waals surface area (Å²) in [4.78, 5) is 22.9. The zero-order chi connectivity index (χ0) is 11.2. The lowest BCUT2D eigenvalue weighted by Crippen LogP contribution is -2.56. The second-order valence-electron chi connectivity index (χ2n) is 5.59. The number of carbonyl (C=O) groups is 2. The van der Waals surface area contributed by atoms with Gasteiger partial charge < -0.3 is 0 Å². The van der Waals surface area contributed by atoms with Crippen LogP contribution in [0.5, 0.6) is 0 Å². The van der Waals surface area contributed by atoms with Gasteiger partial charge in [0.2, 0.25) is 11.8 Å². The molecule has 1 spiro atoms. The first-order valence-electron chi connectivity index (χ1n) is 5.78. The zero-order valence-electron chi connectivity index (χ0n) is 9.67. The fourth-order valence-electron chi connectivity index (χ4n) is 2.99. The van der Waals surface area contributed by atoms with Crippen LogP contribution >= 0.6 is 0 Å². The zero-order valence-corrected chi connectivity index (χ0v) is 9.67. The number of nitrogens with one attached hydrogen (secondary N) is 1. The van der Waals surface area contributed by atoms with Crippen LogP contribution in [0.3, 0.4) is 0 Å². The molecule has 1 saturated heterocycles. The Bertz CT molecular complexity index is 303. The van der Waals surface area contributed by atoms with Crippen LogP contribution in [-0.2, 0) is 9.59 Å². The van der Waals surface area contributed by atoms with Gasteiger partial charge in [0.15, 0.2) is 0 Å². The second kappa shape index (κ2) is 3.32. The molecule has 3 heteroatoms. The first-order valence-corrected chi connectivity index (χ1v) is 5.78. The molecule has 0 aromatic rings. The van der Waals surface area contributed by atoms with E-state index in [4.69, 9.17) is 0 Å². The van der Waals surface area contributed by atoms with Crippen LogP contribution < -0.4 is 5.32 Å². The minimum atomic E-state index is -0.0830. The summed E-state index contributed by atoms with van der Waals surface area (Å²) in [6.07, 6.45) is 2.64. The molecule has 1 heterocycles.